The van der Waals surface area contributed by atoms with E-state index in [1.807, 2.05) is 20.0 Å². The quantitative estimate of drug-likeness (QED) is 0.316. The summed E-state index contributed by atoms with van der Waals surface area (Å²) in [5.41, 5.74) is 2.12. The molecule has 0 spiro atoms. The second kappa shape index (κ2) is 11.0. The van der Waals surface area contributed by atoms with E-state index in [9.17, 15) is 9.59 Å². The Hall–Kier alpha value is -3.37. The maximum atomic E-state index is 13.4. The van der Waals surface area contributed by atoms with E-state index in [1.165, 1.54) is 13.5 Å². The van der Waals surface area contributed by atoms with Crippen LogP contribution in [0.25, 0.3) is 22.0 Å². The molecule has 1 aliphatic heterocycles. The van der Waals surface area contributed by atoms with Crippen LogP contribution in [0, 0.1) is 23.7 Å². The third kappa shape index (κ3) is 5.79. The van der Waals surface area contributed by atoms with E-state index < -0.39 is 30.5 Å². The predicted molar refractivity (Wildman–Crippen MR) is 167 cm³/mol. The second-order valence-electron chi connectivity index (χ2n) is 13.9. The summed E-state index contributed by atoms with van der Waals surface area (Å²) in [5, 5.41) is 8.13. The van der Waals surface area contributed by atoms with Gasteiger partial charge >= 0.3 is 13.2 Å². The Labute approximate surface area is 254 Å². The zero-order valence-corrected chi connectivity index (χ0v) is 26.2. The molecule has 0 radical (unpaired) electrons. The van der Waals surface area contributed by atoms with Crippen LogP contribution in [-0.2, 0) is 18.8 Å². The lowest BCUT2D eigenvalue weighted by Gasteiger charge is -2.32. The molecule has 1 aromatic heterocycles. The average molecular weight is 587 g/mol. The van der Waals surface area contributed by atoms with Crippen molar-refractivity contribution in [1.82, 2.24) is 20.6 Å². The first-order valence-corrected chi connectivity index (χ1v) is 15.4. The third-order valence-corrected chi connectivity index (χ3v) is 10.0. The van der Waals surface area contributed by atoms with E-state index in [2.05, 4.69) is 79.7 Å². The molecule has 3 aliphatic rings. The van der Waals surface area contributed by atoms with Gasteiger partial charge in [-0.2, -0.15) is 0 Å². The Balaban J connectivity index is 1.23. The lowest BCUT2D eigenvalue weighted by Crippen LogP contribution is -2.51. The summed E-state index contributed by atoms with van der Waals surface area (Å²) in [7, 11) is 0.893. The molecule has 2 amide bonds. The number of alkyl carbamates (subject to hydrolysis) is 1. The SMILES string of the molecule is COC(=O)NC(C(=O)NC(c1ncc(-c2ccc3cc(B4OC(C)(C)C(C)(C)O4)ccc3c2)[nH]1)C1CC2CC2C1)C(C)C. The summed E-state index contributed by atoms with van der Waals surface area (Å²) in [6.45, 7) is 12.1. The van der Waals surface area contributed by atoms with Crippen LogP contribution in [0.1, 0.15) is 72.7 Å². The van der Waals surface area contributed by atoms with Crippen molar-refractivity contribution in [2.75, 3.05) is 7.11 Å². The monoisotopic (exact) mass is 586 g/mol. The number of methoxy groups -OCH3 is 1. The van der Waals surface area contributed by atoms with Crippen LogP contribution < -0.4 is 16.1 Å². The fraction of sp³-hybridized carbons (Fsp3) is 0.545. The van der Waals surface area contributed by atoms with E-state index in [0.717, 1.165) is 58.0 Å². The number of ether oxygens (including phenoxy) is 1. The van der Waals surface area contributed by atoms with E-state index >= 15 is 0 Å². The molecule has 4 unspecified atom stereocenters. The molecule has 0 bridgehead atoms. The minimum atomic E-state index is -0.706. The molecule has 4 atom stereocenters. The molecule has 43 heavy (non-hydrogen) atoms. The number of fused-ring (bicyclic) bond motifs is 2. The third-order valence-electron chi connectivity index (χ3n) is 10.0. The lowest BCUT2D eigenvalue weighted by molar-refractivity contribution is -0.125. The highest BCUT2D eigenvalue weighted by atomic mass is 16.7. The fourth-order valence-corrected chi connectivity index (χ4v) is 6.61. The smallest absolute Gasteiger partial charge is 0.453 e. The maximum Gasteiger partial charge on any atom is 0.494 e. The van der Waals surface area contributed by atoms with Gasteiger partial charge in [-0.05, 0) is 92.9 Å². The van der Waals surface area contributed by atoms with Crippen molar-refractivity contribution in [2.45, 2.75) is 84.1 Å². The molecule has 6 rings (SSSR count). The van der Waals surface area contributed by atoms with Crippen molar-refractivity contribution in [1.29, 1.82) is 0 Å². The number of carbonyl (C=O) groups excluding carboxylic acids is 2. The van der Waals surface area contributed by atoms with E-state index in [0.29, 0.717) is 5.92 Å². The Bertz CT molecular complexity index is 1510. The second-order valence-corrected chi connectivity index (χ2v) is 13.9. The number of nitrogens with one attached hydrogen (secondary N) is 3. The number of hydrogen-bond acceptors (Lipinski definition) is 6. The molecule has 1 saturated heterocycles. The van der Waals surface area contributed by atoms with Gasteiger partial charge in [-0.25, -0.2) is 9.78 Å². The van der Waals surface area contributed by atoms with Crippen molar-refractivity contribution in [3.8, 4) is 11.3 Å². The van der Waals surface area contributed by atoms with E-state index in [4.69, 9.17) is 19.0 Å². The van der Waals surface area contributed by atoms with Crippen molar-refractivity contribution in [2.24, 2.45) is 23.7 Å². The number of carbonyl (C=O) groups is 2. The molecule has 2 saturated carbocycles. The Morgan fingerprint density at radius 2 is 1.63 bits per heavy atom. The molecule has 9 nitrogen and oxygen atoms in total. The van der Waals surface area contributed by atoms with Gasteiger partial charge in [0.15, 0.2) is 0 Å². The van der Waals surface area contributed by atoms with Crippen molar-refractivity contribution in [3.05, 3.63) is 48.4 Å². The van der Waals surface area contributed by atoms with E-state index in [1.54, 1.807) is 0 Å². The molecule has 2 aliphatic carbocycles. The van der Waals surface area contributed by atoms with Gasteiger partial charge in [-0.15, -0.1) is 0 Å². The molecular formula is C33H43BN4O5. The fourth-order valence-electron chi connectivity index (χ4n) is 6.61. The van der Waals surface area contributed by atoms with Crippen LogP contribution in [0.2, 0.25) is 0 Å². The van der Waals surface area contributed by atoms with Crippen LogP contribution in [-0.4, -0.2) is 53.4 Å². The standard InChI is InChI=1S/C33H43BN4O5/c1-18(2)27(38-31(40)41-7)30(39)37-28(24-14-22-13-23(22)15-24)29-35-17-26(36-29)21-9-8-20-16-25(11-10-19(20)12-21)34-42-32(3,4)33(5,6)43-34/h8-12,16-18,22-24,27-28H,13-15H2,1-7H3,(H,35,36)(H,37,39)(H,38,40). The summed E-state index contributed by atoms with van der Waals surface area (Å²) in [4.78, 5) is 33.7. The molecule has 228 valence electrons. The summed E-state index contributed by atoms with van der Waals surface area (Å²) >= 11 is 0. The van der Waals surface area contributed by atoms with Crippen LogP contribution in [0.3, 0.4) is 0 Å². The molecule has 2 aromatic carbocycles. The van der Waals surface area contributed by atoms with Gasteiger partial charge < -0.3 is 29.7 Å². The van der Waals surface area contributed by atoms with Crippen LogP contribution in [0.5, 0.6) is 0 Å². The zero-order valence-electron chi connectivity index (χ0n) is 26.2. The molecule has 3 N–H and O–H groups in total. The highest BCUT2D eigenvalue weighted by Crippen LogP contribution is 2.57. The van der Waals surface area contributed by atoms with Crippen LogP contribution in [0.4, 0.5) is 4.79 Å². The predicted octanol–water partition coefficient (Wildman–Crippen LogP) is 5.11. The number of benzene rings is 2. The van der Waals surface area contributed by atoms with Gasteiger partial charge in [0.25, 0.3) is 0 Å². The summed E-state index contributed by atoms with van der Waals surface area (Å²) in [5.74, 6) is 2.19. The normalized spacial score (nSPS) is 24.9. The highest BCUT2D eigenvalue weighted by molar-refractivity contribution is 6.62. The van der Waals surface area contributed by atoms with Gasteiger partial charge in [0.2, 0.25) is 5.91 Å². The van der Waals surface area contributed by atoms with Crippen LogP contribution >= 0.6 is 0 Å². The molecular weight excluding hydrogens is 543 g/mol. The number of rotatable bonds is 8. The van der Waals surface area contributed by atoms with Gasteiger partial charge in [-0.1, -0.05) is 44.2 Å². The van der Waals surface area contributed by atoms with Gasteiger partial charge in [-0.3, -0.25) is 4.79 Å². The number of aromatic nitrogens is 2. The van der Waals surface area contributed by atoms with Crippen LogP contribution in [0.15, 0.2) is 42.6 Å². The molecule has 3 fully saturated rings. The Morgan fingerprint density at radius 3 is 2.28 bits per heavy atom. The number of amides is 2. The first-order valence-electron chi connectivity index (χ1n) is 15.4. The summed E-state index contributed by atoms with van der Waals surface area (Å²) in [6, 6.07) is 11.7. The minimum Gasteiger partial charge on any atom is -0.453 e. The average Bonchev–Trinajstić information content (AvgIpc) is 3.26. The Morgan fingerprint density at radius 1 is 0.977 bits per heavy atom. The Kier molecular flexibility index (Phi) is 7.57. The molecule has 10 heteroatoms. The van der Waals surface area contributed by atoms with E-state index in [-0.39, 0.29) is 17.9 Å². The zero-order chi connectivity index (χ0) is 30.7. The van der Waals surface area contributed by atoms with Gasteiger partial charge in [0.05, 0.1) is 36.2 Å². The summed E-state index contributed by atoms with van der Waals surface area (Å²) < 4.78 is 17.3. The van der Waals surface area contributed by atoms with Gasteiger partial charge in [0.1, 0.15) is 11.9 Å². The first kappa shape index (κ1) is 29.7. The number of nitrogens with zero attached hydrogens (tertiary/aromatic N) is 1. The van der Waals surface area contributed by atoms with Crippen molar-refractivity contribution >= 4 is 35.4 Å². The number of aromatic amines is 1. The summed E-state index contributed by atoms with van der Waals surface area (Å²) in [6.07, 6.45) is 4.66. The number of hydrogen-bond donors (Lipinski definition) is 3. The number of H-pyrrole nitrogens is 1. The van der Waals surface area contributed by atoms with Crippen molar-refractivity contribution in [3.63, 3.8) is 0 Å². The largest absolute Gasteiger partial charge is 0.494 e. The first-order chi connectivity index (χ1) is 20.3. The molecule has 2 heterocycles. The minimum absolute atomic E-state index is 0.105. The highest BCUT2D eigenvalue weighted by Gasteiger charge is 2.52. The molecule has 3 aromatic rings. The maximum absolute atomic E-state index is 13.4. The lowest BCUT2D eigenvalue weighted by atomic mass is 9.78. The topological polar surface area (TPSA) is 115 Å². The van der Waals surface area contributed by atoms with Crippen molar-refractivity contribution < 1.29 is 23.6 Å². The number of imidazole rings is 1. The van der Waals surface area contributed by atoms with Gasteiger partial charge in [0, 0.05) is 5.56 Å².